The van der Waals surface area contributed by atoms with Crippen LogP contribution in [0, 0.1) is 13.8 Å². The van der Waals surface area contributed by atoms with Gasteiger partial charge in [0, 0.05) is 0 Å². The van der Waals surface area contributed by atoms with E-state index in [0.717, 1.165) is 28.8 Å². The van der Waals surface area contributed by atoms with Crippen LogP contribution in [0.5, 0.6) is 11.5 Å². The quantitative estimate of drug-likeness (QED) is 0.373. The minimum atomic E-state index is -0.102. The Morgan fingerprint density at radius 1 is 1.13 bits per heavy atom. The first-order chi connectivity index (χ1) is 14.3. The van der Waals surface area contributed by atoms with Crippen LogP contribution >= 0.6 is 24.0 Å². The standard InChI is InChI=1S/C24H27NO3S2/c1-6-17(5)28-20-11-9-18(13-21(20)27-7-2)14-22-23(26)25(24(29)30-22)19-10-8-15(3)12-16(19)4/h8-14,17H,6-7H2,1-5H3/b22-14-/t17-/m0/s1. The fourth-order valence-electron chi connectivity index (χ4n) is 3.16. The molecule has 0 radical (unpaired) electrons. The summed E-state index contributed by atoms with van der Waals surface area (Å²) in [6, 6.07) is 11.7. The summed E-state index contributed by atoms with van der Waals surface area (Å²) in [5, 5.41) is 0. The fraction of sp³-hybridized carbons (Fsp3) is 0.333. The van der Waals surface area contributed by atoms with Crippen LogP contribution in [-0.2, 0) is 4.79 Å². The van der Waals surface area contributed by atoms with Crippen molar-refractivity contribution in [2.24, 2.45) is 0 Å². The lowest BCUT2D eigenvalue weighted by molar-refractivity contribution is -0.113. The van der Waals surface area contributed by atoms with E-state index in [2.05, 4.69) is 13.0 Å². The number of carbonyl (C=O) groups is 1. The molecule has 0 N–H and O–H groups in total. The maximum Gasteiger partial charge on any atom is 0.270 e. The van der Waals surface area contributed by atoms with Crippen molar-refractivity contribution in [1.29, 1.82) is 0 Å². The molecule has 1 amide bonds. The van der Waals surface area contributed by atoms with Crippen LogP contribution in [0.15, 0.2) is 41.3 Å². The first-order valence-electron chi connectivity index (χ1n) is 10.1. The number of thioether (sulfide) groups is 1. The molecule has 2 aromatic carbocycles. The van der Waals surface area contributed by atoms with Gasteiger partial charge in [0.25, 0.3) is 5.91 Å². The first-order valence-corrected chi connectivity index (χ1v) is 11.3. The van der Waals surface area contributed by atoms with E-state index < -0.39 is 0 Å². The number of carbonyl (C=O) groups excluding carboxylic acids is 1. The lowest BCUT2D eigenvalue weighted by Crippen LogP contribution is -2.28. The Labute approximate surface area is 188 Å². The number of thiocarbonyl (C=S) groups is 1. The average molecular weight is 442 g/mol. The third-order valence-electron chi connectivity index (χ3n) is 4.86. The molecule has 1 fully saturated rings. The molecule has 1 aliphatic heterocycles. The van der Waals surface area contributed by atoms with E-state index in [1.165, 1.54) is 11.8 Å². The summed E-state index contributed by atoms with van der Waals surface area (Å²) < 4.78 is 12.3. The van der Waals surface area contributed by atoms with Crippen molar-refractivity contribution in [2.75, 3.05) is 11.5 Å². The molecule has 1 heterocycles. The zero-order valence-corrected chi connectivity index (χ0v) is 19.7. The summed E-state index contributed by atoms with van der Waals surface area (Å²) in [6.45, 7) is 10.6. The van der Waals surface area contributed by atoms with Crippen molar-refractivity contribution >= 4 is 46.0 Å². The molecule has 4 nitrogen and oxygen atoms in total. The van der Waals surface area contributed by atoms with Crippen LogP contribution in [0.3, 0.4) is 0 Å². The number of hydrogen-bond acceptors (Lipinski definition) is 5. The van der Waals surface area contributed by atoms with Crippen molar-refractivity contribution in [3.05, 3.63) is 58.0 Å². The number of amides is 1. The van der Waals surface area contributed by atoms with Crippen LogP contribution < -0.4 is 14.4 Å². The van der Waals surface area contributed by atoms with Gasteiger partial charge in [-0.05, 0) is 69.5 Å². The number of ether oxygens (including phenoxy) is 2. The van der Waals surface area contributed by atoms with Crippen molar-refractivity contribution in [3.63, 3.8) is 0 Å². The Kier molecular flexibility index (Phi) is 7.21. The number of aryl methyl sites for hydroxylation is 2. The molecule has 0 spiro atoms. The smallest absolute Gasteiger partial charge is 0.270 e. The highest BCUT2D eigenvalue weighted by atomic mass is 32.2. The monoisotopic (exact) mass is 441 g/mol. The third-order valence-corrected chi connectivity index (χ3v) is 6.16. The molecule has 1 saturated heterocycles. The highest BCUT2D eigenvalue weighted by molar-refractivity contribution is 8.27. The van der Waals surface area contributed by atoms with Gasteiger partial charge in [0.15, 0.2) is 15.8 Å². The molecule has 0 aliphatic carbocycles. The molecule has 0 saturated carbocycles. The number of anilines is 1. The van der Waals surface area contributed by atoms with E-state index in [1.54, 1.807) is 4.90 Å². The summed E-state index contributed by atoms with van der Waals surface area (Å²) in [5.41, 5.74) is 3.88. The van der Waals surface area contributed by atoms with Crippen LogP contribution in [-0.4, -0.2) is 22.9 Å². The number of benzene rings is 2. The Morgan fingerprint density at radius 3 is 2.57 bits per heavy atom. The first kappa shape index (κ1) is 22.4. The number of hydrogen-bond donors (Lipinski definition) is 0. The molecular weight excluding hydrogens is 414 g/mol. The minimum absolute atomic E-state index is 0.101. The van der Waals surface area contributed by atoms with Crippen molar-refractivity contribution in [2.45, 2.75) is 47.1 Å². The zero-order chi connectivity index (χ0) is 21.8. The predicted molar refractivity (Wildman–Crippen MR) is 130 cm³/mol. The number of nitrogens with zero attached hydrogens (tertiary/aromatic N) is 1. The van der Waals surface area contributed by atoms with Gasteiger partial charge < -0.3 is 9.47 Å². The van der Waals surface area contributed by atoms with Crippen molar-refractivity contribution in [1.82, 2.24) is 0 Å². The van der Waals surface area contributed by atoms with Crippen LogP contribution in [0.4, 0.5) is 5.69 Å². The van der Waals surface area contributed by atoms with Gasteiger partial charge in [-0.25, -0.2) is 0 Å². The SMILES string of the molecule is CCOc1cc(/C=C2\SC(=S)N(c3ccc(C)cc3C)C2=O)ccc1O[C@@H](C)CC. The van der Waals surface area contributed by atoms with Gasteiger partial charge in [0.1, 0.15) is 0 Å². The molecular formula is C24H27NO3S2. The van der Waals surface area contributed by atoms with E-state index in [1.807, 2.05) is 64.1 Å². The van der Waals surface area contributed by atoms with E-state index in [4.69, 9.17) is 21.7 Å². The second-order valence-corrected chi connectivity index (χ2v) is 8.96. The predicted octanol–water partition coefficient (Wildman–Crippen LogP) is 6.29. The van der Waals surface area contributed by atoms with Gasteiger partial charge >= 0.3 is 0 Å². The maximum atomic E-state index is 13.1. The molecule has 3 rings (SSSR count). The Bertz CT molecular complexity index is 1000. The molecule has 0 bridgehead atoms. The Balaban J connectivity index is 1.90. The molecule has 30 heavy (non-hydrogen) atoms. The van der Waals surface area contributed by atoms with Crippen LogP contribution in [0.2, 0.25) is 0 Å². The largest absolute Gasteiger partial charge is 0.490 e. The third kappa shape index (κ3) is 4.87. The lowest BCUT2D eigenvalue weighted by atomic mass is 10.1. The van der Waals surface area contributed by atoms with E-state index in [-0.39, 0.29) is 12.0 Å². The highest BCUT2D eigenvalue weighted by Gasteiger charge is 2.34. The number of rotatable bonds is 7. The second kappa shape index (κ2) is 9.67. The van der Waals surface area contributed by atoms with Crippen LogP contribution in [0.1, 0.15) is 43.9 Å². The molecule has 0 aromatic heterocycles. The maximum absolute atomic E-state index is 13.1. The molecule has 6 heteroatoms. The van der Waals surface area contributed by atoms with Crippen LogP contribution in [0.25, 0.3) is 6.08 Å². The molecule has 158 valence electrons. The van der Waals surface area contributed by atoms with E-state index >= 15 is 0 Å². The van der Waals surface area contributed by atoms with Crippen molar-refractivity contribution < 1.29 is 14.3 Å². The highest BCUT2D eigenvalue weighted by Crippen LogP contribution is 2.38. The average Bonchev–Trinajstić information content (AvgIpc) is 2.97. The Morgan fingerprint density at radius 2 is 1.90 bits per heavy atom. The molecule has 2 aromatic rings. The fourth-order valence-corrected chi connectivity index (χ4v) is 4.45. The van der Waals surface area contributed by atoms with Gasteiger partial charge in [0.2, 0.25) is 0 Å². The molecule has 0 unspecified atom stereocenters. The van der Waals surface area contributed by atoms with Crippen molar-refractivity contribution in [3.8, 4) is 11.5 Å². The van der Waals surface area contributed by atoms with Gasteiger partial charge in [-0.15, -0.1) is 0 Å². The zero-order valence-electron chi connectivity index (χ0n) is 18.0. The van der Waals surface area contributed by atoms with Gasteiger partial charge in [-0.3, -0.25) is 9.69 Å². The van der Waals surface area contributed by atoms with Gasteiger partial charge in [-0.2, -0.15) is 0 Å². The van der Waals surface area contributed by atoms with Gasteiger partial charge in [0.05, 0.1) is 23.3 Å². The second-order valence-electron chi connectivity index (χ2n) is 7.28. The summed E-state index contributed by atoms with van der Waals surface area (Å²) in [5.74, 6) is 1.29. The summed E-state index contributed by atoms with van der Waals surface area (Å²) in [7, 11) is 0. The molecule has 1 atom stereocenters. The summed E-state index contributed by atoms with van der Waals surface area (Å²) >= 11 is 6.84. The van der Waals surface area contributed by atoms with E-state index in [0.29, 0.717) is 27.3 Å². The van der Waals surface area contributed by atoms with E-state index in [9.17, 15) is 4.79 Å². The summed E-state index contributed by atoms with van der Waals surface area (Å²) in [6.07, 6.45) is 2.87. The summed E-state index contributed by atoms with van der Waals surface area (Å²) in [4.78, 5) is 15.3. The Hall–Kier alpha value is -2.31. The normalized spacial score (nSPS) is 16.3. The lowest BCUT2D eigenvalue weighted by Gasteiger charge is -2.17. The molecule has 1 aliphatic rings. The topological polar surface area (TPSA) is 38.8 Å². The van der Waals surface area contributed by atoms with Gasteiger partial charge in [-0.1, -0.05) is 54.7 Å². The minimum Gasteiger partial charge on any atom is -0.490 e.